The number of amides is 1. The summed E-state index contributed by atoms with van der Waals surface area (Å²) in [5.74, 6) is 5.27. The Balaban J connectivity index is 2.02. The lowest BCUT2D eigenvalue weighted by Crippen LogP contribution is -2.26. The second-order valence-electron chi connectivity index (χ2n) is 4.15. The molecule has 0 spiro atoms. The number of aromatic nitrogens is 1. The van der Waals surface area contributed by atoms with Crippen LogP contribution in [0.4, 0.5) is 0 Å². The van der Waals surface area contributed by atoms with Crippen molar-refractivity contribution in [2.24, 2.45) is 0 Å². The fraction of sp³-hybridized carbons (Fsp3) is 0.200. The number of carbonyl (C=O) groups is 1. The number of aliphatic hydroxyl groups is 1. The molecular weight excluding hydrogens is 256 g/mol. The normalized spacial score (nSPS) is 11.3. The molecule has 1 aromatic carbocycles. The van der Waals surface area contributed by atoms with Gasteiger partial charge in [0.2, 0.25) is 5.76 Å². The molecule has 1 heterocycles. The standard InChI is InChI=1S/C15H14N2O3/c1-11(17-15(19)14-8-9-16-20-14)13-6-4-12(5-7-13)3-2-10-18/h4-9,11,18H,10H2,1H3,(H,17,19). The van der Waals surface area contributed by atoms with Crippen molar-refractivity contribution in [2.75, 3.05) is 6.61 Å². The van der Waals surface area contributed by atoms with Crippen LogP contribution in [-0.4, -0.2) is 22.8 Å². The molecule has 0 aliphatic carbocycles. The molecule has 0 saturated carbocycles. The van der Waals surface area contributed by atoms with Gasteiger partial charge in [0.25, 0.3) is 5.91 Å². The minimum absolute atomic E-state index is 0.160. The Morgan fingerprint density at radius 3 is 2.75 bits per heavy atom. The Morgan fingerprint density at radius 1 is 1.40 bits per heavy atom. The van der Waals surface area contributed by atoms with Gasteiger partial charge in [-0.25, -0.2) is 0 Å². The highest BCUT2D eigenvalue weighted by Crippen LogP contribution is 2.14. The van der Waals surface area contributed by atoms with E-state index < -0.39 is 0 Å². The van der Waals surface area contributed by atoms with Crippen LogP contribution in [0, 0.1) is 11.8 Å². The van der Waals surface area contributed by atoms with Gasteiger partial charge in [-0.2, -0.15) is 0 Å². The third kappa shape index (κ3) is 3.46. The van der Waals surface area contributed by atoms with Gasteiger partial charge in [-0.1, -0.05) is 29.1 Å². The lowest BCUT2D eigenvalue weighted by atomic mass is 10.1. The predicted molar refractivity (Wildman–Crippen MR) is 72.8 cm³/mol. The summed E-state index contributed by atoms with van der Waals surface area (Å²) in [6.45, 7) is 1.72. The first-order chi connectivity index (χ1) is 9.70. The van der Waals surface area contributed by atoms with Gasteiger partial charge in [0.1, 0.15) is 6.61 Å². The van der Waals surface area contributed by atoms with Crippen LogP contribution in [-0.2, 0) is 0 Å². The van der Waals surface area contributed by atoms with Crippen LogP contribution >= 0.6 is 0 Å². The zero-order valence-corrected chi connectivity index (χ0v) is 11.0. The maximum absolute atomic E-state index is 11.8. The number of carbonyl (C=O) groups excluding carboxylic acids is 1. The largest absolute Gasteiger partial charge is 0.384 e. The minimum Gasteiger partial charge on any atom is -0.384 e. The van der Waals surface area contributed by atoms with Gasteiger partial charge in [-0.3, -0.25) is 4.79 Å². The van der Waals surface area contributed by atoms with Gasteiger partial charge >= 0.3 is 0 Å². The summed E-state index contributed by atoms with van der Waals surface area (Å²) < 4.78 is 4.79. The molecule has 0 aliphatic heterocycles. The monoisotopic (exact) mass is 270 g/mol. The van der Waals surface area contributed by atoms with Gasteiger partial charge in [0, 0.05) is 11.6 Å². The summed E-state index contributed by atoms with van der Waals surface area (Å²) in [6.07, 6.45) is 1.42. The van der Waals surface area contributed by atoms with E-state index >= 15 is 0 Å². The fourth-order valence-electron chi connectivity index (χ4n) is 1.68. The smallest absolute Gasteiger partial charge is 0.290 e. The van der Waals surface area contributed by atoms with E-state index in [1.54, 1.807) is 0 Å². The van der Waals surface area contributed by atoms with Gasteiger partial charge in [0.15, 0.2) is 0 Å². The van der Waals surface area contributed by atoms with Crippen LogP contribution in [0.5, 0.6) is 0 Å². The van der Waals surface area contributed by atoms with E-state index in [9.17, 15) is 4.79 Å². The number of nitrogens with zero attached hydrogens (tertiary/aromatic N) is 1. The Kier molecular flexibility index (Phi) is 4.53. The van der Waals surface area contributed by atoms with Crippen molar-refractivity contribution in [3.8, 4) is 11.8 Å². The predicted octanol–water partition coefficient (Wildman–Crippen LogP) is 1.51. The molecule has 0 saturated heterocycles. The molecule has 0 bridgehead atoms. The number of benzene rings is 1. The van der Waals surface area contributed by atoms with Crippen molar-refractivity contribution >= 4 is 5.91 Å². The number of nitrogens with one attached hydrogen (secondary N) is 1. The Labute approximate surface area is 116 Å². The summed E-state index contributed by atoms with van der Waals surface area (Å²) in [5, 5.41) is 14.9. The molecule has 0 radical (unpaired) electrons. The molecule has 2 N–H and O–H groups in total. The highest BCUT2D eigenvalue weighted by atomic mass is 16.5. The van der Waals surface area contributed by atoms with Gasteiger partial charge in [-0.05, 0) is 24.6 Å². The first-order valence-electron chi connectivity index (χ1n) is 6.12. The molecule has 1 amide bonds. The van der Waals surface area contributed by atoms with E-state index in [0.717, 1.165) is 11.1 Å². The SMILES string of the molecule is CC(NC(=O)c1ccno1)c1ccc(C#CCO)cc1. The topological polar surface area (TPSA) is 75.4 Å². The third-order valence-corrected chi connectivity index (χ3v) is 2.73. The quantitative estimate of drug-likeness (QED) is 0.829. The molecule has 5 nitrogen and oxygen atoms in total. The van der Waals surface area contributed by atoms with Crippen molar-refractivity contribution < 1.29 is 14.4 Å². The molecule has 0 fully saturated rings. The summed E-state index contributed by atoms with van der Waals surface area (Å²) >= 11 is 0. The van der Waals surface area contributed by atoms with Crippen molar-refractivity contribution in [3.05, 3.63) is 53.4 Å². The molecular formula is C15H14N2O3. The van der Waals surface area contributed by atoms with Gasteiger partial charge in [0.05, 0.1) is 12.2 Å². The lowest BCUT2D eigenvalue weighted by Gasteiger charge is -2.13. The number of aliphatic hydroxyl groups excluding tert-OH is 1. The molecule has 1 unspecified atom stereocenters. The lowest BCUT2D eigenvalue weighted by molar-refractivity contribution is 0.0902. The van der Waals surface area contributed by atoms with E-state index in [4.69, 9.17) is 9.63 Å². The van der Waals surface area contributed by atoms with Crippen LogP contribution in [0.15, 0.2) is 41.1 Å². The molecule has 1 atom stereocenters. The van der Waals surface area contributed by atoms with Gasteiger partial charge in [-0.15, -0.1) is 0 Å². The molecule has 102 valence electrons. The number of hydrogen-bond donors (Lipinski definition) is 2. The second kappa shape index (κ2) is 6.55. The summed E-state index contributed by atoms with van der Waals surface area (Å²) in [5.41, 5.74) is 1.77. The fourth-order valence-corrected chi connectivity index (χ4v) is 1.68. The maximum atomic E-state index is 11.8. The second-order valence-corrected chi connectivity index (χ2v) is 4.15. The molecule has 1 aromatic heterocycles. The van der Waals surface area contributed by atoms with E-state index in [-0.39, 0.29) is 24.3 Å². The third-order valence-electron chi connectivity index (χ3n) is 2.73. The van der Waals surface area contributed by atoms with E-state index in [1.165, 1.54) is 12.3 Å². The Bertz CT molecular complexity index is 621. The highest BCUT2D eigenvalue weighted by Gasteiger charge is 2.13. The molecule has 2 aromatic rings. The van der Waals surface area contributed by atoms with Gasteiger partial charge < -0.3 is 14.9 Å². The van der Waals surface area contributed by atoms with Crippen molar-refractivity contribution in [1.29, 1.82) is 0 Å². The molecule has 0 aliphatic rings. The van der Waals surface area contributed by atoms with Crippen LogP contribution in [0.1, 0.15) is 34.6 Å². The van der Waals surface area contributed by atoms with E-state index in [2.05, 4.69) is 22.3 Å². The zero-order valence-electron chi connectivity index (χ0n) is 11.0. The zero-order chi connectivity index (χ0) is 14.4. The summed E-state index contributed by atoms with van der Waals surface area (Å²) in [7, 11) is 0. The maximum Gasteiger partial charge on any atom is 0.290 e. The van der Waals surface area contributed by atoms with E-state index in [1.807, 2.05) is 31.2 Å². The molecule has 20 heavy (non-hydrogen) atoms. The van der Waals surface area contributed by atoms with Crippen LogP contribution in [0.3, 0.4) is 0 Å². The Morgan fingerprint density at radius 2 is 2.15 bits per heavy atom. The van der Waals surface area contributed by atoms with Crippen LogP contribution < -0.4 is 5.32 Å². The first-order valence-corrected chi connectivity index (χ1v) is 6.12. The molecule has 5 heteroatoms. The average molecular weight is 270 g/mol. The summed E-state index contributed by atoms with van der Waals surface area (Å²) in [4.78, 5) is 11.8. The summed E-state index contributed by atoms with van der Waals surface area (Å²) in [6, 6.07) is 8.80. The van der Waals surface area contributed by atoms with Crippen molar-refractivity contribution in [1.82, 2.24) is 10.5 Å². The first kappa shape index (κ1) is 13.8. The molecule has 2 rings (SSSR count). The number of rotatable bonds is 3. The van der Waals surface area contributed by atoms with Crippen molar-refractivity contribution in [2.45, 2.75) is 13.0 Å². The number of hydrogen-bond acceptors (Lipinski definition) is 4. The highest BCUT2D eigenvalue weighted by molar-refractivity contribution is 5.91. The average Bonchev–Trinajstić information content (AvgIpc) is 3.00. The minimum atomic E-state index is -0.306. The van der Waals surface area contributed by atoms with Crippen LogP contribution in [0.25, 0.3) is 0 Å². The van der Waals surface area contributed by atoms with Crippen LogP contribution in [0.2, 0.25) is 0 Å². The van der Waals surface area contributed by atoms with E-state index in [0.29, 0.717) is 0 Å². The Hall–Kier alpha value is -2.58. The van der Waals surface area contributed by atoms with Crippen molar-refractivity contribution in [3.63, 3.8) is 0 Å².